The van der Waals surface area contributed by atoms with Crippen LogP contribution in [-0.2, 0) is 21.3 Å². The number of anilines is 2. The number of methoxy groups -OCH3 is 1. The summed E-state index contributed by atoms with van der Waals surface area (Å²) >= 11 is 0. The van der Waals surface area contributed by atoms with Gasteiger partial charge in [-0.25, -0.2) is 8.42 Å². The van der Waals surface area contributed by atoms with E-state index in [1.165, 1.54) is 4.31 Å². The lowest BCUT2D eigenvalue weighted by Gasteiger charge is -2.28. The van der Waals surface area contributed by atoms with Crippen LogP contribution in [-0.4, -0.2) is 47.7 Å². The van der Waals surface area contributed by atoms with E-state index >= 15 is 0 Å². The summed E-state index contributed by atoms with van der Waals surface area (Å²) in [5.74, 6) is 0.216. The predicted octanol–water partition coefficient (Wildman–Crippen LogP) is 4.29. The molecule has 0 bridgehead atoms. The van der Waals surface area contributed by atoms with E-state index in [9.17, 15) is 18.5 Å². The molecular formula is C27H34N6O4S. The third kappa shape index (κ3) is 4.84. The minimum atomic E-state index is -3.61. The second kappa shape index (κ2) is 10.2. The van der Waals surface area contributed by atoms with Gasteiger partial charge in [-0.05, 0) is 42.7 Å². The monoisotopic (exact) mass is 538 g/mol. The fourth-order valence-electron chi connectivity index (χ4n) is 5.81. The number of fused-ring (bicyclic) bond motifs is 2. The van der Waals surface area contributed by atoms with Gasteiger partial charge in [-0.3, -0.25) is 9.48 Å². The lowest BCUT2D eigenvalue weighted by Crippen LogP contribution is -2.37. The molecule has 38 heavy (non-hydrogen) atoms. The molecule has 11 heteroatoms. The fourth-order valence-corrected chi connectivity index (χ4v) is 7.61. The van der Waals surface area contributed by atoms with Crippen molar-refractivity contribution in [2.45, 2.75) is 63.4 Å². The Labute approximate surface area is 222 Å². The highest BCUT2D eigenvalue weighted by atomic mass is 32.2. The summed E-state index contributed by atoms with van der Waals surface area (Å²) in [6, 6.07) is 9.28. The standard InChI is InChI=1S/C27H34N6O4S/c1-27(2,17-37-3)16-32-15-19-13-20(9-10-23(19)38(32,35)36)30-25-24-22(11-12-29-26(24)34)33(31-25)21-8-6-4-5-7-18(21)14-28/h9-13,18,21H,4-8,15-17H2,1-3H3,(H,29,34)(H,30,31)/t18?,21-/m0/s1. The van der Waals surface area contributed by atoms with Crippen molar-refractivity contribution in [3.63, 3.8) is 0 Å². The predicted molar refractivity (Wildman–Crippen MR) is 145 cm³/mol. The lowest BCUT2D eigenvalue weighted by atomic mass is 9.95. The average molecular weight is 539 g/mol. The summed E-state index contributed by atoms with van der Waals surface area (Å²) < 4.78 is 35.0. The van der Waals surface area contributed by atoms with Crippen molar-refractivity contribution >= 4 is 32.4 Å². The first-order valence-electron chi connectivity index (χ1n) is 13.0. The molecule has 1 aliphatic carbocycles. The number of hydrogen-bond acceptors (Lipinski definition) is 7. The largest absolute Gasteiger partial charge is 0.384 e. The van der Waals surface area contributed by atoms with Gasteiger partial charge in [0.2, 0.25) is 10.0 Å². The minimum absolute atomic E-state index is 0.114. The van der Waals surface area contributed by atoms with Crippen LogP contribution in [0.4, 0.5) is 11.5 Å². The number of sulfonamides is 1. The highest BCUT2D eigenvalue weighted by molar-refractivity contribution is 7.89. The number of nitrogens with zero attached hydrogens (tertiary/aromatic N) is 4. The number of hydrogen-bond donors (Lipinski definition) is 2. The van der Waals surface area contributed by atoms with Crippen LogP contribution < -0.4 is 10.9 Å². The Morgan fingerprint density at radius 3 is 2.79 bits per heavy atom. The number of ether oxygens (including phenoxy) is 1. The van der Waals surface area contributed by atoms with Crippen molar-refractivity contribution in [2.75, 3.05) is 25.6 Å². The van der Waals surface area contributed by atoms with Gasteiger partial charge in [0.05, 0.1) is 35.0 Å². The van der Waals surface area contributed by atoms with Gasteiger partial charge < -0.3 is 15.0 Å². The number of rotatable bonds is 7. The first-order valence-corrected chi connectivity index (χ1v) is 14.5. The molecule has 2 aliphatic rings. The van der Waals surface area contributed by atoms with E-state index in [1.807, 2.05) is 30.7 Å². The van der Waals surface area contributed by atoms with Gasteiger partial charge in [0.1, 0.15) is 5.39 Å². The van der Waals surface area contributed by atoms with E-state index in [0.717, 1.165) is 32.1 Å². The van der Waals surface area contributed by atoms with Crippen molar-refractivity contribution in [2.24, 2.45) is 11.3 Å². The Kier molecular flexibility index (Phi) is 7.07. The molecule has 1 fully saturated rings. The second-order valence-electron chi connectivity index (χ2n) is 11.1. The minimum Gasteiger partial charge on any atom is -0.384 e. The Hall–Kier alpha value is -3.20. The maximum Gasteiger partial charge on any atom is 0.261 e. The van der Waals surface area contributed by atoms with E-state index in [1.54, 1.807) is 25.4 Å². The molecule has 1 saturated carbocycles. The van der Waals surface area contributed by atoms with Crippen LogP contribution in [0.25, 0.3) is 10.9 Å². The zero-order valence-electron chi connectivity index (χ0n) is 22.0. The molecule has 2 N–H and O–H groups in total. The first kappa shape index (κ1) is 26.4. The smallest absolute Gasteiger partial charge is 0.261 e. The highest BCUT2D eigenvalue weighted by Gasteiger charge is 2.38. The number of aromatic nitrogens is 3. The summed E-state index contributed by atoms with van der Waals surface area (Å²) in [6.45, 7) is 5.01. The van der Waals surface area contributed by atoms with Gasteiger partial charge in [0.25, 0.3) is 5.56 Å². The molecule has 5 rings (SSSR count). The summed E-state index contributed by atoms with van der Waals surface area (Å²) in [7, 11) is -2.00. The number of nitrogens with one attached hydrogen (secondary N) is 2. The van der Waals surface area contributed by atoms with Crippen molar-refractivity contribution in [3.05, 3.63) is 46.4 Å². The van der Waals surface area contributed by atoms with E-state index in [-0.39, 0.29) is 29.5 Å². The van der Waals surface area contributed by atoms with Crippen LogP contribution in [0.3, 0.4) is 0 Å². The topological polar surface area (TPSA) is 133 Å². The first-order chi connectivity index (χ1) is 18.1. The molecule has 1 aromatic carbocycles. The zero-order chi connectivity index (χ0) is 27.1. The molecule has 2 aromatic heterocycles. The quantitative estimate of drug-likeness (QED) is 0.429. The molecule has 0 saturated heterocycles. The van der Waals surface area contributed by atoms with Crippen molar-refractivity contribution < 1.29 is 13.2 Å². The molecule has 0 radical (unpaired) electrons. The molecule has 0 amide bonds. The number of nitriles is 1. The summed E-state index contributed by atoms with van der Waals surface area (Å²) in [6.07, 6.45) is 6.34. The number of H-pyrrole nitrogens is 1. The Morgan fingerprint density at radius 2 is 2.03 bits per heavy atom. The molecule has 1 unspecified atom stereocenters. The van der Waals surface area contributed by atoms with Crippen LogP contribution in [0, 0.1) is 22.7 Å². The normalized spacial score (nSPS) is 21.6. The Bertz CT molecular complexity index is 1550. The Balaban J connectivity index is 1.49. The van der Waals surface area contributed by atoms with Crippen LogP contribution in [0.1, 0.15) is 57.6 Å². The van der Waals surface area contributed by atoms with Gasteiger partial charge in [-0.1, -0.05) is 33.1 Å². The molecule has 3 heterocycles. The van der Waals surface area contributed by atoms with E-state index in [2.05, 4.69) is 16.4 Å². The Morgan fingerprint density at radius 1 is 1.24 bits per heavy atom. The van der Waals surface area contributed by atoms with E-state index in [0.29, 0.717) is 46.0 Å². The van der Waals surface area contributed by atoms with Crippen LogP contribution >= 0.6 is 0 Å². The summed E-state index contributed by atoms with van der Waals surface area (Å²) in [5.41, 5.74) is 1.41. The zero-order valence-corrected chi connectivity index (χ0v) is 22.8. The van der Waals surface area contributed by atoms with Gasteiger partial charge in [0, 0.05) is 37.5 Å². The molecule has 3 aromatic rings. The maximum atomic E-state index is 13.2. The van der Waals surface area contributed by atoms with Crippen molar-refractivity contribution in [3.8, 4) is 6.07 Å². The second-order valence-corrected chi connectivity index (χ2v) is 13.0. The molecule has 10 nitrogen and oxygen atoms in total. The number of benzene rings is 1. The van der Waals surface area contributed by atoms with Gasteiger partial charge in [-0.15, -0.1) is 0 Å². The summed E-state index contributed by atoms with van der Waals surface area (Å²) in [4.78, 5) is 15.9. The average Bonchev–Trinajstić information content (AvgIpc) is 3.21. The van der Waals surface area contributed by atoms with E-state index < -0.39 is 10.0 Å². The van der Waals surface area contributed by atoms with Crippen LogP contribution in [0.2, 0.25) is 0 Å². The van der Waals surface area contributed by atoms with E-state index in [4.69, 9.17) is 9.84 Å². The number of aromatic amines is 1. The number of pyridine rings is 1. The van der Waals surface area contributed by atoms with Gasteiger partial charge in [-0.2, -0.15) is 14.7 Å². The van der Waals surface area contributed by atoms with Gasteiger partial charge in [0.15, 0.2) is 5.82 Å². The molecule has 2 atom stereocenters. The third-order valence-corrected chi connectivity index (χ3v) is 9.41. The molecule has 202 valence electrons. The van der Waals surface area contributed by atoms with Crippen LogP contribution in [0.15, 0.2) is 40.2 Å². The molecular weight excluding hydrogens is 504 g/mol. The SMILES string of the molecule is COCC(C)(C)CN1Cc2cc(Nc3nn([C@H]4CCCCCC4C#N)c4cc[nH]c(=O)c34)ccc2S1(=O)=O. The molecule has 0 spiro atoms. The fraction of sp³-hybridized carbons (Fsp3) is 0.519. The maximum absolute atomic E-state index is 13.2. The van der Waals surface area contributed by atoms with Gasteiger partial charge >= 0.3 is 0 Å². The summed E-state index contributed by atoms with van der Waals surface area (Å²) in [5, 5.41) is 18.3. The van der Waals surface area contributed by atoms with Crippen LogP contribution in [0.5, 0.6) is 0 Å². The van der Waals surface area contributed by atoms with Crippen molar-refractivity contribution in [1.29, 1.82) is 5.26 Å². The highest BCUT2D eigenvalue weighted by Crippen LogP contribution is 2.38. The third-order valence-electron chi connectivity index (χ3n) is 7.52. The lowest BCUT2D eigenvalue weighted by molar-refractivity contribution is 0.0890. The molecule has 1 aliphatic heterocycles. The van der Waals surface area contributed by atoms with Crippen molar-refractivity contribution in [1.82, 2.24) is 19.1 Å².